The first-order valence-corrected chi connectivity index (χ1v) is 4.13. The van der Waals surface area contributed by atoms with Crippen LogP contribution in [-0.2, 0) is 0 Å². The molecule has 8 heteroatoms. The zero-order chi connectivity index (χ0) is 9.65. The molecule has 0 rings (SSSR count). The standard InChI is InChI=1S/C2HCl2F3.CHCl3/c3-1(4)2(5,6)7;2-1(3)4/h1H;1H. The maximum Gasteiger partial charge on any atom is 0.418 e. The minimum absolute atomic E-state index is 0.750. The molecule has 0 bridgehead atoms. The molecule has 0 aliphatic carbocycles. The van der Waals surface area contributed by atoms with E-state index >= 15 is 0 Å². The van der Waals surface area contributed by atoms with Crippen molar-refractivity contribution in [1.29, 1.82) is 0 Å². The molecule has 0 atom stereocenters. The van der Waals surface area contributed by atoms with Gasteiger partial charge >= 0.3 is 6.18 Å². The van der Waals surface area contributed by atoms with Gasteiger partial charge in [0.2, 0.25) is 4.84 Å². The first-order valence-electron chi connectivity index (χ1n) is 1.95. The van der Waals surface area contributed by atoms with Crippen LogP contribution in [0, 0.1) is 0 Å². The van der Waals surface area contributed by atoms with E-state index in [-0.39, 0.29) is 0 Å². The van der Waals surface area contributed by atoms with Gasteiger partial charge in [-0.2, -0.15) is 13.2 Å². The zero-order valence-electron chi connectivity index (χ0n) is 4.68. The van der Waals surface area contributed by atoms with Crippen LogP contribution < -0.4 is 0 Å². The van der Waals surface area contributed by atoms with E-state index in [1.807, 2.05) is 0 Å². The fourth-order valence-corrected chi connectivity index (χ4v) is 0. The summed E-state index contributed by atoms with van der Waals surface area (Å²) in [6.07, 6.45) is -4.47. The van der Waals surface area contributed by atoms with Crippen LogP contribution >= 0.6 is 58.0 Å². The Morgan fingerprint density at radius 1 is 0.818 bits per heavy atom. The molecule has 0 aliphatic heterocycles. The average molecular weight is 272 g/mol. The highest BCUT2D eigenvalue weighted by Crippen LogP contribution is 2.26. The lowest BCUT2D eigenvalue weighted by atomic mass is 10.8. The SMILES string of the molecule is ClC(Cl)Cl.FC(F)(F)C(Cl)Cl. The summed E-state index contributed by atoms with van der Waals surface area (Å²) < 4.78 is 32.0. The Bertz CT molecular complexity index is 86.7. The first kappa shape index (κ1) is 14.7. The monoisotopic (exact) mass is 270 g/mol. The lowest BCUT2D eigenvalue weighted by Crippen LogP contribution is -2.16. The number of alkyl halides is 8. The molecule has 0 saturated carbocycles. The molecule has 0 aromatic heterocycles. The molecule has 0 spiro atoms. The van der Waals surface area contributed by atoms with Gasteiger partial charge in [0.25, 0.3) is 0 Å². The summed E-state index contributed by atoms with van der Waals surface area (Å²) >= 11 is 23.2. The fraction of sp³-hybridized carbons (Fsp3) is 1.00. The normalized spacial score (nSPS) is 11.5. The van der Waals surface area contributed by atoms with Gasteiger partial charge in [-0.15, -0.1) is 0 Å². The predicted molar refractivity (Wildman–Crippen MR) is 42.9 cm³/mol. The lowest BCUT2D eigenvalue weighted by Gasteiger charge is -2.03. The third-order valence-corrected chi connectivity index (χ3v) is 0.742. The van der Waals surface area contributed by atoms with Crippen molar-refractivity contribution in [3.8, 4) is 0 Å². The molecular formula is C3H2Cl5F3. The lowest BCUT2D eigenvalue weighted by molar-refractivity contribution is -0.115. The highest BCUT2D eigenvalue weighted by molar-refractivity contribution is 6.63. The number of hydrogen-bond acceptors (Lipinski definition) is 0. The molecular weight excluding hydrogens is 270 g/mol. The summed E-state index contributed by atoms with van der Waals surface area (Å²) in [6, 6.07) is 0. The van der Waals surface area contributed by atoms with Gasteiger partial charge in [-0.1, -0.05) is 58.0 Å². The number of rotatable bonds is 0. The second-order valence-electron chi connectivity index (χ2n) is 1.09. The summed E-state index contributed by atoms with van der Waals surface area (Å²) in [5, 5.41) is 0. The Labute approximate surface area is 86.5 Å². The van der Waals surface area contributed by atoms with Crippen molar-refractivity contribution >= 4 is 58.0 Å². The molecule has 0 aromatic rings. The molecule has 0 aromatic carbocycles. The fourth-order valence-electron chi connectivity index (χ4n) is 0. The molecule has 0 unspecified atom stereocenters. The van der Waals surface area contributed by atoms with Crippen molar-refractivity contribution in [2.45, 2.75) is 15.3 Å². The van der Waals surface area contributed by atoms with Crippen LogP contribution in [0.25, 0.3) is 0 Å². The van der Waals surface area contributed by atoms with Gasteiger partial charge in [0.05, 0.1) is 0 Å². The van der Waals surface area contributed by atoms with Crippen LogP contribution in [0.3, 0.4) is 0 Å². The van der Waals surface area contributed by atoms with Gasteiger partial charge < -0.3 is 0 Å². The Hall–Kier alpha value is 1.24. The zero-order valence-corrected chi connectivity index (χ0v) is 8.46. The largest absolute Gasteiger partial charge is 0.418 e. The quantitative estimate of drug-likeness (QED) is 0.575. The molecule has 0 fully saturated rings. The maximum absolute atomic E-state index is 10.9. The van der Waals surface area contributed by atoms with Gasteiger partial charge in [0.1, 0.15) is 0 Å². The second kappa shape index (κ2) is 6.72. The minimum atomic E-state index is -4.47. The van der Waals surface area contributed by atoms with Crippen LogP contribution in [0.4, 0.5) is 13.2 Å². The average Bonchev–Trinajstić information content (AvgIpc) is 1.59. The molecule has 0 aliphatic rings. The molecule has 0 nitrogen and oxygen atoms in total. The van der Waals surface area contributed by atoms with E-state index in [0.717, 1.165) is 0 Å². The van der Waals surface area contributed by atoms with Crippen LogP contribution in [0.5, 0.6) is 0 Å². The molecule has 70 valence electrons. The van der Waals surface area contributed by atoms with E-state index in [0.29, 0.717) is 0 Å². The summed E-state index contributed by atoms with van der Waals surface area (Å²) in [7, 11) is 0. The molecule has 0 N–H and O–H groups in total. The van der Waals surface area contributed by atoms with Crippen molar-refractivity contribution in [2.24, 2.45) is 0 Å². The van der Waals surface area contributed by atoms with E-state index in [9.17, 15) is 13.2 Å². The molecule has 0 heterocycles. The van der Waals surface area contributed by atoms with Gasteiger partial charge in [0.15, 0.2) is 4.30 Å². The molecule has 11 heavy (non-hydrogen) atoms. The summed E-state index contributed by atoms with van der Waals surface area (Å²) in [5.74, 6) is 0. The van der Waals surface area contributed by atoms with Crippen molar-refractivity contribution in [3.05, 3.63) is 0 Å². The predicted octanol–water partition coefficient (Wildman–Crippen LogP) is 4.34. The van der Waals surface area contributed by atoms with E-state index in [4.69, 9.17) is 34.8 Å². The van der Waals surface area contributed by atoms with Crippen molar-refractivity contribution < 1.29 is 13.2 Å². The maximum atomic E-state index is 10.9. The molecule has 0 radical (unpaired) electrons. The smallest absolute Gasteiger partial charge is 0.168 e. The Morgan fingerprint density at radius 3 is 0.909 bits per heavy atom. The van der Waals surface area contributed by atoms with Gasteiger partial charge in [0, 0.05) is 0 Å². The molecule has 0 amide bonds. The van der Waals surface area contributed by atoms with Gasteiger partial charge in [-0.3, -0.25) is 0 Å². The first-order chi connectivity index (χ1) is 4.68. The Kier molecular flexibility index (Phi) is 9.01. The third-order valence-electron chi connectivity index (χ3n) is 0.247. The van der Waals surface area contributed by atoms with Crippen LogP contribution in [-0.4, -0.2) is 15.3 Å². The number of hydrogen-bond donors (Lipinski definition) is 0. The van der Waals surface area contributed by atoms with E-state index in [2.05, 4.69) is 23.2 Å². The topological polar surface area (TPSA) is 0 Å². The van der Waals surface area contributed by atoms with Crippen LogP contribution in [0.1, 0.15) is 0 Å². The second-order valence-corrected chi connectivity index (χ2v) is 4.17. The third kappa shape index (κ3) is 18.3. The Balaban J connectivity index is 0. The van der Waals surface area contributed by atoms with Crippen molar-refractivity contribution in [3.63, 3.8) is 0 Å². The van der Waals surface area contributed by atoms with Gasteiger partial charge in [-0.25, -0.2) is 0 Å². The van der Waals surface area contributed by atoms with Crippen LogP contribution in [0.2, 0.25) is 0 Å². The number of halogens is 8. The van der Waals surface area contributed by atoms with Gasteiger partial charge in [-0.05, 0) is 0 Å². The Morgan fingerprint density at radius 2 is 0.909 bits per heavy atom. The van der Waals surface area contributed by atoms with Crippen molar-refractivity contribution in [1.82, 2.24) is 0 Å². The van der Waals surface area contributed by atoms with E-state index in [1.165, 1.54) is 0 Å². The minimum Gasteiger partial charge on any atom is -0.168 e. The summed E-state index contributed by atoms with van der Waals surface area (Å²) in [6.45, 7) is 0. The summed E-state index contributed by atoms with van der Waals surface area (Å²) in [5.41, 5.74) is 0. The molecule has 0 saturated heterocycles. The van der Waals surface area contributed by atoms with Crippen molar-refractivity contribution in [2.75, 3.05) is 0 Å². The van der Waals surface area contributed by atoms with E-state index < -0.39 is 15.3 Å². The highest BCUT2D eigenvalue weighted by atomic mass is 35.6. The van der Waals surface area contributed by atoms with E-state index in [1.54, 1.807) is 0 Å². The van der Waals surface area contributed by atoms with Crippen LogP contribution in [0.15, 0.2) is 0 Å². The summed E-state index contributed by atoms with van der Waals surface area (Å²) in [4.78, 5) is -2.26. The highest BCUT2D eigenvalue weighted by Gasteiger charge is 2.36.